The number of amides is 1. The number of thiophene rings is 1. The number of hydrogen-bond acceptors (Lipinski definition) is 6. The lowest BCUT2D eigenvalue weighted by molar-refractivity contribution is -0.127. The van der Waals surface area contributed by atoms with Crippen molar-refractivity contribution in [2.24, 2.45) is 0 Å². The first-order valence-electron chi connectivity index (χ1n) is 7.60. The summed E-state index contributed by atoms with van der Waals surface area (Å²) in [6.45, 7) is 3.69. The first kappa shape index (κ1) is 17.4. The molecular formula is C17H16ClN3O3S. The van der Waals surface area contributed by atoms with Gasteiger partial charge >= 0.3 is 0 Å². The van der Waals surface area contributed by atoms with Crippen molar-refractivity contribution in [2.45, 2.75) is 26.5 Å². The molecule has 0 saturated carbocycles. The normalized spacial score (nSPS) is 12.0. The molecule has 0 aliphatic carbocycles. The Labute approximate surface area is 153 Å². The van der Waals surface area contributed by atoms with E-state index in [1.807, 2.05) is 24.4 Å². The third kappa shape index (κ3) is 4.37. The molecule has 0 spiro atoms. The minimum Gasteiger partial charge on any atom is -0.481 e. The first-order valence-corrected chi connectivity index (χ1v) is 8.85. The van der Waals surface area contributed by atoms with Crippen LogP contribution < -0.4 is 10.1 Å². The highest BCUT2D eigenvalue weighted by molar-refractivity contribution is 7.13. The summed E-state index contributed by atoms with van der Waals surface area (Å²) in [5.41, 5.74) is 0.888. The van der Waals surface area contributed by atoms with Crippen molar-refractivity contribution in [1.29, 1.82) is 0 Å². The zero-order chi connectivity index (χ0) is 17.8. The second kappa shape index (κ2) is 7.67. The molecule has 0 aliphatic heterocycles. The maximum atomic E-state index is 12.2. The van der Waals surface area contributed by atoms with Crippen LogP contribution in [-0.4, -0.2) is 22.2 Å². The SMILES string of the molecule is Cc1cc(O[C@H](C)C(=O)NCc2nc(-c3cccs3)no2)ccc1Cl. The van der Waals surface area contributed by atoms with Crippen molar-refractivity contribution in [3.63, 3.8) is 0 Å². The number of ether oxygens (including phenoxy) is 1. The first-order chi connectivity index (χ1) is 12.0. The molecule has 3 rings (SSSR count). The zero-order valence-corrected chi connectivity index (χ0v) is 15.2. The van der Waals surface area contributed by atoms with Gasteiger partial charge in [0.25, 0.3) is 5.91 Å². The van der Waals surface area contributed by atoms with E-state index in [0.717, 1.165) is 10.4 Å². The lowest BCUT2D eigenvalue weighted by Gasteiger charge is -2.14. The number of benzene rings is 1. The van der Waals surface area contributed by atoms with E-state index in [4.69, 9.17) is 20.9 Å². The highest BCUT2D eigenvalue weighted by atomic mass is 35.5. The van der Waals surface area contributed by atoms with Gasteiger partial charge in [-0.3, -0.25) is 4.79 Å². The monoisotopic (exact) mass is 377 g/mol. The molecule has 2 aromatic heterocycles. The fourth-order valence-corrected chi connectivity index (χ4v) is 2.85. The molecule has 130 valence electrons. The molecule has 8 heteroatoms. The third-order valence-corrected chi connectivity index (χ3v) is 4.72. The lowest BCUT2D eigenvalue weighted by Crippen LogP contribution is -2.36. The van der Waals surface area contributed by atoms with Crippen molar-refractivity contribution < 1.29 is 14.1 Å². The fraction of sp³-hybridized carbons (Fsp3) is 0.235. The van der Waals surface area contributed by atoms with Crippen molar-refractivity contribution in [2.75, 3.05) is 0 Å². The summed E-state index contributed by atoms with van der Waals surface area (Å²) in [7, 11) is 0. The number of nitrogens with zero attached hydrogens (tertiary/aromatic N) is 2. The molecule has 6 nitrogen and oxygen atoms in total. The molecule has 1 amide bonds. The Bertz CT molecular complexity index is 864. The molecule has 3 aromatic rings. The Balaban J connectivity index is 1.54. The van der Waals surface area contributed by atoms with Gasteiger partial charge in [-0.25, -0.2) is 0 Å². The van der Waals surface area contributed by atoms with E-state index in [1.54, 1.807) is 25.1 Å². The van der Waals surface area contributed by atoms with Crippen LogP contribution in [0, 0.1) is 6.92 Å². The maximum absolute atomic E-state index is 12.2. The van der Waals surface area contributed by atoms with E-state index in [9.17, 15) is 4.79 Å². The average molecular weight is 378 g/mol. The number of carbonyl (C=O) groups is 1. The fourth-order valence-electron chi connectivity index (χ4n) is 2.09. The average Bonchev–Trinajstić information content (AvgIpc) is 3.26. The topological polar surface area (TPSA) is 77.2 Å². The Morgan fingerprint density at radius 3 is 3.00 bits per heavy atom. The Hall–Kier alpha value is -2.38. The summed E-state index contributed by atoms with van der Waals surface area (Å²) in [6, 6.07) is 9.07. The van der Waals surface area contributed by atoms with Crippen LogP contribution in [0.1, 0.15) is 18.4 Å². The Morgan fingerprint density at radius 1 is 1.44 bits per heavy atom. The van der Waals surface area contributed by atoms with Gasteiger partial charge in [-0.1, -0.05) is 22.8 Å². The van der Waals surface area contributed by atoms with Crippen molar-refractivity contribution in [3.8, 4) is 16.5 Å². The minimum absolute atomic E-state index is 0.143. The summed E-state index contributed by atoms with van der Waals surface area (Å²) in [5, 5.41) is 9.21. The molecule has 0 fully saturated rings. The van der Waals surface area contributed by atoms with Crippen LogP contribution in [0.2, 0.25) is 5.02 Å². The van der Waals surface area contributed by atoms with Crippen LogP contribution in [0.15, 0.2) is 40.2 Å². The molecular weight excluding hydrogens is 362 g/mol. The number of aryl methyl sites for hydroxylation is 1. The molecule has 0 bridgehead atoms. The van der Waals surface area contributed by atoms with Gasteiger partial charge in [0.1, 0.15) is 5.75 Å². The summed E-state index contributed by atoms with van der Waals surface area (Å²) in [4.78, 5) is 17.3. The quantitative estimate of drug-likeness (QED) is 0.706. The molecule has 2 heterocycles. The van der Waals surface area contributed by atoms with Gasteiger partial charge < -0.3 is 14.6 Å². The van der Waals surface area contributed by atoms with Gasteiger partial charge in [0.2, 0.25) is 11.7 Å². The van der Waals surface area contributed by atoms with Crippen molar-refractivity contribution in [1.82, 2.24) is 15.5 Å². The van der Waals surface area contributed by atoms with Crippen molar-refractivity contribution >= 4 is 28.8 Å². The summed E-state index contributed by atoms with van der Waals surface area (Å²) < 4.78 is 10.8. The second-order valence-electron chi connectivity index (χ2n) is 5.38. The highest BCUT2D eigenvalue weighted by Crippen LogP contribution is 2.22. The zero-order valence-electron chi connectivity index (χ0n) is 13.7. The van der Waals surface area contributed by atoms with E-state index in [1.165, 1.54) is 11.3 Å². The van der Waals surface area contributed by atoms with Crippen LogP contribution in [0.3, 0.4) is 0 Å². The second-order valence-corrected chi connectivity index (χ2v) is 6.73. The number of carbonyl (C=O) groups excluding carboxylic acids is 1. The number of halogens is 1. The molecule has 0 aliphatic rings. The van der Waals surface area contributed by atoms with E-state index < -0.39 is 6.10 Å². The Kier molecular flexibility index (Phi) is 5.35. The largest absolute Gasteiger partial charge is 0.481 e. The number of aromatic nitrogens is 2. The van der Waals surface area contributed by atoms with Gasteiger partial charge in [-0.2, -0.15) is 4.98 Å². The molecule has 0 radical (unpaired) electrons. The molecule has 0 saturated heterocycles. The molecule has 1 N–H and O–H groups in total. The van der Waals surface area contributed by atoms with Gasteiger partial charge in [0, 0.05) is 5.02 Å². The standard InChI is InChI=1S/C17H16ClN3O3S/c1-10-8-12(5-6-13(10)18)23-11(2)17(22)19-9-15-20-16(21-24-15)14-4-3-7-25-14/h3-8,11H,9H2,1-2H3,(H,19,22)/t11-/m1/s1. The van der Waals surface area contributed by atoms with Gasteiger partial charge in [0.15, 0.2) is 6.10 Å². The van der Waals surface area contributed by atoms with Crippen LogP contribution in [0.4, 0.5) is 0 Å². The van der Waals surface area contributed by atoms with Crippen molar-refractivity contribution in [3.05, 3.63) is 52.2 Å². The Morgan fingerprint density at radius 2 is 2.28 bits per heavy atom. The molecule has 1 aromatic carbocycles. The molecule has 25 heavy (non-hydrogen) atoms. The van der Waals surface area contributed by atoms with Crippen LogP contribution in [0.25, 0.3) is 10.7 Å². The summed E-state index contributed by atoms with van der Waals surface area (Å²) >= 11 is 7.50. The molecule has 0 unspecified atom stereocenters. The van der Waals surface area contributed by atoms with Crippen LogP contribution in [-0.2, 0) is 11.3 Å². The van der Waals surface area contributed by atoms with Gasteiger partial charge in [0.05, 0.1) is 11.4 Å². The maximum Gasteiger partial charge on any atom is 0.261 e. The smallest absolute Gasteiger partial charge is 0.261 e. The van der Waals surface area contributed by atoms with E-state index in [2.05, 4.69) is 15.5 Å². The minimum atomic E-state index is -0.666. The lowest BCUT2D eigenvalue weighted by atomic mass is 10.2. The van der Waals surface area contributed by atoms with Crippen LogP contribution in [0.5, 0.6) is 5.75 Å². The highest BCUT2D eigenvalue weighted by Gasteiger charge is 2.16. The summed E-state index contributed by atoms with van der Waals surface area (Å²) in [6.07, 6.45) is -0.666. The number of hydrogen-bond donors (Lipinski definition) is 1. The van der Waals surface area contributed by atoms with E-state index >= 15 is 0 Å². The van der Waals surface area contributed by atoms with Gasteiger partial charge in [-0.05, 0) is 49.1 Å². The van der Waals surface area contributed by atoms with Gasteiger partial charge in [-0.15, -0.1) is 11.3 Å². The predicted octanol–water partition coefficient (Wildman–Crippen LogP) is 3.84. The summed E-state index contributed by atoms with van der Waals surface area (Å²) in [5.74, 6) is 1.16. The van der Waals surface area contributed by atoms with E-state index in [-0.39, 0.29) is 12.5 Å². The van der Waals surface area contributed by atoms with E-state index in [0.29, 0.717) is 22.5 Å². The molecule has 1 atom stereocenters. The number of rotatable bonds is 6. The number of nitrogens with one attached hydrogen (secondary N) is 1. The van der Waals surface area contributed by atoms with Crippen LogP contribution >= 0.6 is 22.9 Å². The predicted molar refractivity (Wildman–Crippen MR) is 95.7 cm³/mol. The third-order valence-electron chi connectivity index (χ3n) is 3.43.